The molecule has 1 aliphatic heterocycles. The summed E-state index contributed by atoms with van der Waals surface area (Å²) in [5, 5.41) is 2.90. The summed E-state index contributed by atoms with van der Waals surface area (Å²) in [5.74, 6) is -3.21. The third-order valence-corrected chi connectivity index (χ3v) is 7.21. The Kier molecular flexibility index (Phi) is 7.74. The smallest absolute Gasteiger partial charge is 0.416 e. The van der Waals surface area contributed by atoms with Crippen molar-refractivity contribution in [3.05, 3.63) is 106 Å². The van der Waals surface area contributed by atoms with Crippen LogP contribution >= 0.6 is 0 Å². The van der Waals surface area contributed by atoms with Gasteiger partial charge < -0.3 is 15.0 Å². The fraction of sp³-hybridized carbons (Fsp3) is 0.267. The van der Waals surface area contributed by atoms with Gasteiger partial charge in [0.1, 0.15) is 5.82 Å². The number of hydrogen-bond acceptors (Lipinski definition) is 3. The molecule has 2 N–H and O–H groups in total. The van der Waals surface area contributed by atoms with E-state index in [1.54, 1.807) is 6.07 Å². The highest BCUT2D eigenvalue weighted by atomic mass is 19.4. The van der Waals surface area contributed by atoms with Crippen molar-refractivity contribution in [1.82, 2.24) is 10.3 Å². The summed E-state index contributed by atoms with van der Waals surface area (Å²) < 4.78 is 98.9. The number of aromatic nitrogens is 1. The first-order chi connectivity index (χ1) is 19.8. The quantitative estimate of drug-likeness (QED) is 0.200. The number of rotatable bonds is 5. The average Bonchev–Trinajstić information content (AvgIpc) is 3.29. The number of fused-ring (bicyclic) bond motifs is 3. The summed E-state index contributed by atoms with van der Waals surface area (Å²) in [6.45, 7) is 0.0759. The van der Waals surface area contributed by atoms with Gasteiger partial charge in [0.15, 0.2) is 6.10 Å². The minimum absolute atomic E-state index is 0.0130. The number of alkyl halides is 6. The molecule has 1 aliphatic rings. The van der Waals surface area contributed by atoms with Gasteiger partial charge in [-0.2, -0.15) is 26.3 Å². The molecule has 5 nitrogen and oxygen atoms in total. The van der Waals surface area contributed by atoms with Gasteiger partial charge in [-0.3, -0.25) is 9.59 Å². The van der Waals surface area contributed by atoms with Gasteiger partial charge >= 0.3 is 18.3 Å². The van der Waals surface area contributed by atoms with Crippen LogP contribution in [0.5, 0.6) is 0 Å². The second-order valence-electron chi connectivity index (χ2n) is 9.92. The largest absolute Gasteiger partial charge is 0.451 e. The summed E-state index contributed by atoms with van der Waals surface area (Å²) in [6, 6.07) is 12.7. The maximum atomic E-state index is 14.9. The highest BCUT2D eigenvalue weighted by Gasteiger charge is 2.39. The van der Waals surface area contributed by atoms with Gasteiger partial charge in [-0.25, -0.2) is 4.39 Å². The molecule has 5 rings (SSSR count). The van der Waals surface area contributed by atoms with Crippen LogP contribution < -0.4 is 5.32 Å². The summed E-state index contributed by atoms with van der Waals surface area (Å²) in [5.41, 5.74) is 0.0887. The zero-order valence-corrected chi connectivity index (χ0v) is 21.7. The van der Waals surface area contributed by atoms with Crippen LogP contribution in [0.2, 0.25) is 0 Å². The van der Waals surface area contributed by atoms with Crippen molar-refractivity contribution < 1.29 is 45.1 Å². The number of ether oxygens (including phenoxy) is 1. The Labute approximate surface area is 234 Å². The van der Waals surface area contributed by atoms with E-state index in [1.807, 2.05) is 0 Å². The van der Waals surface area contributed by atoms with Crippen LogP contribution in [0.3, 0.4) is 0 Å². The number of hydrogen-bond donors (Lipinski definition) is 2. The van der Waals surface area contributed by atoms with Gasteiger partial charge in [0, 0.05) is 29.6 Å². The number of benzene rings is 3. The number of carbonyl (C=O) groups excluding carboxylic acids is 2. The molecule has 42 heavy (non-hydrogen) atoms. The molecule has 0 bridgehead atoms. The van der Waals surface area contributed by atoms with Crippen molar-refractivity contribution >= 4 is 22.8 Å². The number of H-pyrrole nitrogens is 1. The molecule has 4 aromatic rings. The molecule has 0 saturated heterocycles. The first kappa shape index (κ1) is 29.2. The Morgan fingerprint density at radius 1 is 0.881 bits per heavy atom. The minimum Gasteiger partial charge on any atom is -0.451 e. The first-order valence-electron chi connectivity index (χ1n) is 12.9. The lowest BCUT2D eigenvalue weighted by atomic mass is 9.85. The van der Waals surface area contributed by atoms with Crippen molar-refractivity contribution in [2.45, 2.75) is 43.6 Å². The number of halogens is 7. The molecule has 220 valence electrons. The Balaban J connectivity index is 1.49. The van der Waals surface area contributed by atoms with Crippen molar-refractivity contribution in [2.24, 2.45) is 0 Å². The fourth-order valence-electron chi connectivity index (χ4n) is 5.18. The van der Waals surface area contributed by atoms with E-state index < -0.39 is 53.2 Å². The van der Waals surface area contributed by atoms with E-state index in [2.05, 4.69) is 10.3 Å². The molecule has 2 heterocycles. The van der Waals surface area contributed by atoms with E-state index >= 15 is 0 Å². The Bertz CT molecular complexity index is 1610. The van der Waals surface area contributed by atoms with Crippen LogP contribution in [0.1, 0.15) is 45.8 Å². The zero-order valence-electron chi connectivity index (χ0n) is 21.7. The van der Waals surface area contributed by atoms with Crippen molar-refractivity contribution in [3.63, 3.8) is 0 Å². The third kappa shape index (κ3) is 5.97. The topological polar surface area (TPSA) is 71.2 Å². The lowest BCUT2D eigenvalue weighted by Gasteiger charge is -2.29. The van der Waals surface area contributed by atoms with Crippen molar-refractivity contribution in [2.75, 3.05) is 6.54 Å². The molecular weight excluding hydrogens is 569 g/mol. The average molecular weight is 593 g/mol. The SMILES string of the molecule is O=C(CCc1ccc(C(F)(F)F)cc1)O[C@@H]1C(=O)NCCc2c([nH]c3cccc(F)c23)[C@H]1c1ccc(C(F)(F)F)cc1. The Hall–Kier alpha value is -4.35. The highest BCUT2D eigenvalue weighted by Crippen LogP contribution is 2.39. The highest BCUT2D eigenvalue weighted by molar-refractivity contribution is 5.89. The normalized spacial score (nSPS) is 17.7. The molecule has 0 unspecified atom stereocenters. The molecule has 0 radical (unpaired) electrons. The molecule has 1 aromatic heterocycles. The summed E-state index contributed by atoms with van der Waals surface area (Å²) in [4.78, 5) is 29.3. The van der Waals surface area contributed by atoms with Gasteiger partial charge in [-0.15, -0.1) is 0 Å². The number of esters is 1. The summed E-state index contributed by atoms with van der Waals surface area (Å²) >= 11 is 0. The summed E-state index contributed by atoms with van der Waals surface area (Å²) in [6.07, 6.45) is -10.7. The molecule has 0 spiro atoms. The first-order valence-corrected chi connectivity index (χ1v) is 12.9. The monoisotopic (exact) mass is 592 g/mol. The van der Waals surface area contributed by atoms with Gasteiger partial charge in [0.05, 0.1) is 17.0 Å². The predicted octanol–water partition coefficient (Wildman–Crippen LogP) is 6.69. The predicted molar refractivity (Wildman–Crippen MR) is 138 cm³/mol. The van der Waals surface area contributed by atoms with Crippen molar-refractivity contribution in [1.29, 1.82) is 0 Å². The van der Waals surface area contributed by atoms with Crippen LogP contribution in [0.4, 0.5) is 30.7 Å². The van der Waals surface area contributed by atoms with E-state index in [1.165, 1.54) is 36.4 Å². The zero-order chi connectivity index (χ0) is 30.2. The standard InChI is InChI=1S/C30H23F7N2O3/c31-21-2-1-3-22-25(21)20-14-15-38-28(41)27(24(26(20)39-22)17-7-11-19(12-8-17)30(35,36)37)42-23(40)13-6-16-4-9-18(10-5-16)29(32,33)34/h1-5,7-12,24,27,39H,6,13-15H2,(H,38,41)/t24-,27+/m1/s1. The lowest BCUT2D eigenvalue weighted by molar-refractivity contribution is -0.157. The van der Waals surface area contributed by atoms with E-state index in [9.17, 15) is 40.3 Å². The minimum atomic E-state index is -4.61. The van der Waals surface area contributed by atoms with Gasteiger partial charge in [-0.05, 0) is 65.9 Å². The molecule has 0 fully saturated rings. The number of aryl methyl sites for hydroxylation is 1. The van der Waals surface area contributed by atoms with Gasteiger partial charge in [-0.1, -0.05) is 30.3 Å². The van der Waals surface area contributed by atoms with Gasteiger partial charge in [0.2, 0.25) is 0 Å². The molecular formula is C30H23F7N2O3. The Morgan fingerprint density at radius 2 is 1.50 bits per heavy atom. The number of nitrogens with one attached hydrogen (secondary N) is 2. The Morgan fingerprint density at radius 3 is 2.12 bits per heavy atom. The van der Waals surface area contributed by atoms with Crippen molar-refractivity contribution in [3.8, 4) is 0 Å². The van der Waals surface area contributed by atoms with E-state index in [4.69, 9.17) is 4.74 Å². The van der Waals surface area contributed by atoms with Crippen LogP contribution in [-0.2, 0) is 39.5 Å². The molecule has 1 amide bonds. The number of amides is 1. The third-order valence-electron chi connectivity index (χ3n) is 7.21. The van der Waals surface area contributed by atoms with E-state index in [0.29, 0.717) is 22.3 Å². The van der Waals surface area contributed by atoms with E-state index in [0.717, 1.165) is 24.3 Å². The molecule has 2 atom stereocenters. The molecule has 0 aliphatic carbocycles. The van der Waals surface area contributed by atoms with Crippen LogP contribution in [0, 0.1) is 5.82 Å². The molecule has 0 saturated carbocycles. The summed E-state index contributed by atoms with van der Waals surface area (Å²) in [7, 11) is 0. The maximum absolute atomic E-state index is 14.9. The second-order valence-corrected chi connectivity index (χ2v) is 9.92. The number of carbonyl (C=O) groups is 2. The molecule has 3 aromatic carbocycles. The van der Waals surface area contributed by atoms with Crippen LogP contribution in [0.15, 0.2) is 66.7 Å². The lowest BCUT2D eigenvalue weighted by Crippen LogP contribution is -2.44. The van der Waals surface area contributed by atoms with E-state index in [-0.39, 0.29) is 36.8 Å². The second kappa shape index (κ2) is 11.1. The number of aromatic amines is 1. The van der Waals surface area contributed by atoms with Gasteiger partial charge in [0.25, 0.3) is 5.91 Å². The van der Waals surface area contributed by atoms with Crippen LogP contribution in [0.25, 0.3) is 10.9 Å². The fourth-order valence-corrected chi connectivity index (χ4v) is 5.18. The van der Waals surface area contributed by atoms with Crippen LogP contribution in [-0.4, -0.2) is 29.5 Å². The molecule has 12 heteroatoms. The maximum Gasteiger partial charge on any atom is 0.416 e.